The molecule has 8 nitrogen and oxygen atoms in total. The molecule has 0 bridgehead atoms. The summed E-state index contributed by atoms with van der Waals surface area (Å²) >= 11 is 0. The maximum atomic E-state index is 11.1. The lowest BCUT2D eigenvalue weighted by Crippen LogP contribution is -2.39. The predicted octanol–water partition coefficient (Wildman–Crippen LogP) is 3.64. The molecule has 1 aliphatic heterocycles. The van der Waals surface area contributed by atoms with E-state index < -0.39 is 4.92 Å². The Bertz CT molecular complexity index is 1060. The summed E-state index contributed by atoms with van der Waals surface area (Å²) in [6.45, 7) is 2.89. The summed E-state index contributed by atoms with van der Waals surface area (Å²) in [6.07, 6.45) is -0.147. The van der Waals surface area contributed by atoms with Crippen LogP contribution in [0, 0.1) is 17.0 Å². The van der Waals surface area contributed by atoms with Gasteiger partial charge in [-0.05, 0) is 19.1 Å². The van der Waals surface area contributed by atoms with Crippen LogP contribution in [0.25, 0.3) is 11.4 Å². The molecule has 0 spiro atoms. The van der Waals surface area contributed by atoms with Crippen LogP contribution in [-0.2, 0) is 0 Å². The number of benzene rings is 2. The van der Waals surface area contributed by atoms with Gasteiger partial charge in [-0.25, -0.2) is 9.97 Å². The Kier molecular flexibility index (Phi) is 4.99. The highest BCUT2D eigenvalue weighted by Crippen LogP contribution is 2.31. The van der Waals surface area contributed by atoms with Crippen LogP contribution < -0.4 is 14.4 Å². The van der Waals surface area contributed by atoms with Crippen LogP contribution in [-0.4, -0.2) is 41.2 Å². The van der Waals surface area contributed by atoms with E-state index in [0.717, 1.165) is 17.2 Å². The van der Waals surface area contributed by atoms with E-state index in [-0.39, 0.29) is 11.8 Å². The van der Waals surface area contributed by atoms with Crippen molar-refractivity contribution in [3.8, 4) is 22.9 Å². The largest absolute Gasteiger partial charge is 0.486 e. The van der Waals surface area contributed by atoms with Gasteiger partial charge in [0.15, 0.2) is 23.4 Å². The lowest BCUT2D eigenvalue weighted by Gasteiger charge is -2.30. The molecule has 148 valence electrons. The molecule has 2 heterocycles. The average Bonchev–Trinajstić information content (AvgIpc) is 2.73. The van der Waals surface area contributed by atoms with Gasteiger partial charge in [0.25, 0.3) is 5.69 Å². The lowest BCUT2D eigenvalue weighted by atomic mass is 10.2. The van der Waals surface area contributed by atoms with E-state index in [9.17, 15) is 10.1 Å². The van der Waals surface area contributed by atoms with Crippen molar-refractivity contribution in [3.63, 3.8) is 0 Å². The van der Waals surface area contributed by atoms with Crippen molar-refractivity contribution in [3.05, 3.63) is 70.4 Å². The van der Waals surface area contributed by atoms with E-state index in [1.54, 1.807) is 12.1 Å². The molecule has 0 fully saturated rings. The number of para-hydroxylation sites is 2. The fourth-order valence-corrected chi connectivity index (χ4v) is 3.19. The average molecular weight is 392 g/mol. The standard InChI is InChI=1S/C21H20N4O4/c1-14-10-20(23-21(22-14)15-6-5-7-16(11-15)25(26)27)24(2)12-17-13-28-18-8-3-4-9-19(18)29-17/h3-11,17H,12-13H2,1-2H3/t17-/m1/s1. The number of aryl methyl sites for hydroxylation is 1. The Labute approximate surface area is 167 Å². The normalized spacial score (nSPS) is 15.0. The highest BCUT2D eigenvalue weighted by atomic mass is 16.6. The molecule has 0 saturated heterocycles. The third-order valence-electron chi connectivity index (χ3n) is 4.59. The van der Waals surface area contributed by atoms with E-state index in [0.29, 0.717) is 30.4 Å². The van der Waals surface area contributed by atoms with Crippen LogP contribution in [0.4, 0.5) is 11.5 Å². The summed E-state index contributed by atoms with van der Waals surface area (Å²) in [5, 5.41) is 11.1. The lowest BCUT2D eigenvalue weighted by molar-refractivity contribution is -0.384. The Morgan fingerprint density at radius 3 is 2.72 bits per heavy atom. The second-order valence-electron chi connectivity index (χ2n) is 6.88. The second-order valence-corrected chi connectivity index (χ2v) is 6.88. The van der Waals surface area contributed by atoms with Crippen LogP contribution in [0.15, 0.2) is 54.6 Å². The Balaban J connectivity index is 1.54. The van der Waals surface area contributed by atoms with Gasteiger partial charge in [-0.3, -0.25) is 10.1 Å². The van der Waals surface area contributed by atoms with Gasteiger partial charge in [0.1, 0.15) is 12.4 Å². The fraction of sp³-hybridized carbons (Fsp3) is 0.238. The van der Waals surface area contributed by atoms with E-state index in [1.807, 2.05) is 49.2 Å². The Morgan fingerprint density at radius 2 is 1.93 bits per heavy atom. The molecule has 0 aliphatic carbocycles. The predicted molar refractivity (Wildman–Crippen MR) is 108 cm³/mol. The first-order chi connectivity index (χ1) is 14.0. The molecule has 0 saturated carbocycles. The molecule has 4 rings (SSSR count). The molecule has 0 radical (unpaired) electrons. The number of anilines is 1. The second kappa shape index (κ2) is 7.75. The van der Waals surface area contributed by atoms with Crippen molar-refractivity contribution < 1.29 is 14.4 Å². The zero-order valence-electron chi connectivity index (χ0n) is 16.1. The highest BCUT2D eigenvalue weighted by molar-refractivity contribution is 5.61. The van der Waals surface area contributed by atoms with E-state index >= 15 is 0 Å². The van der Waals surface area contributed by atoms with Crippen molar-refractivity contribution in [1.82, 2.24) is 9.97 Å². The number of hydrogen-bond donors (Lipinski definition) is 0. The number of ether oxygens (including phenoxy) is 2. The summed E-state index contributed by atoms with van der Waals surface area (Å²) in [7, 11) is 1.92. The van der Waals surface area contributed by atoms with Gasteiger partial charge in [-0.1, -0.05) is 24.3 Å². The zero-order valence-corrected chi connectivity index (χ0v) is 16.1. The summed E-state index contributed by atoms with van der Waals surface area (Å²) < 4.78 is 11.8. The number of likely N-dealkylation sites (N-methyl/N-ethyl adjacent to an activating group) is 1. The van der Waals surface area contributed by atoms with Gasteiger partial charge in [0, 0.05) is 36.5 Å². The van der Waals surface area contributed by atoms with Gasteiger partial charge in [-0.15, -0.1) is 0 Å². The van der Waals surface area contributed by atoms with Gasteiger partial charge >= 0.3 is 0 Å². The third kappa shape index (κ3) is 4.11. The Morgan fingerprint density at radius 1 is 1.14 bits per heavy atom. The number of aromatic nitrogens is 2. The maximum Gasteiger partial charge on any atom is 0.270 e. The number of nitrogens with zero attached hydrogens (tertiary/aromatic N) is 4. The molecule has 3 aromatic rings. The number of fused-ring (bicyclic) bond motifs is 1. The van der Waals surface area contributed by atoms with Crippen LogP contribution in [0.5, 0.6) is 11.5 Å². The number of nitro groups is 1. The van der Waals surface area contributed by atoms with Crippen LogP contribution in [0.2, 0.25) is 0 Å². The molecule has 2 aromatic carbocycles. The summed E-state index contributed by atoms with van der Waals surface area (Å²) in [5.74, 6) is 2.63. The van der Waals surface area contributed by atoms with Crippen molar-refractivity contribution in [2.24, 2.45) is 0 Å². The summed E-state index contributed by atoms with van der Waals surface area (Å²) in [5.41, 5.74) is 1.38. The van der Waals surface area contributed by atoms with Crippen molar-refractivity contribution in [2.45, 2.75) is 13.0 Å². The Hall–Kier alpha value is -3.68. The van der Waals surface area contributed by atoms with Gasteiger partial charge < -0.3 is 14.4 Å². The minimum Gasteiger partial charge on any atom is -0.486 e. The first-order valence-corrected chi connectivity index (χ1v) is 9.20. The number of non-ortho nitro benzene ring substituents is 1. The maximum absolute atomic E-state index is 11.1. The van der Waals surface area contributed by atoms with Gasteiger partial charge in [0.05, 0.1) is 11.5 Å². The smallest absolute Gasteiger partial charge is 0.270 e. The molecule has 8 heteroatoms. The number of rotatable bonds is 5. The van der Waals surface area contributed by atoms with Gasteiger partial charge in [0.2, 0.25) is 0 Å². The van der Waals surface area contributed by atoms with Gasteiger partial charge in [-0.2, -0.15) is 0 Å². The molecule has 0 unspecified atom stereocenters. The molecule has 29 heavy (non-hydrogen) atoms. The van der Waals surface area contributed by atoms with E-state index in [4.69, 9.17) is 9.47 Å². The molecular formula is C21H20N4O4. The quantitative estimate of drug-likeness (QED) is 0.484. The third-order valence-corrected chi connectivity index (χ3v) is 4.59. The van der Waals surface area contributed by atoms with Crippen LogP contribution >= 0.6 is 0 Å². The van der Waals surface area contributed by atoms with E-state index in [2.05, 4.69) is 9.97 Å². The number of hydrogen-bond acceptors (Lipinski definition) is 7. The minimum absolute atomic E-state index is 0.00827. The SMILES string of the molecule is Cc1cc(N(C)C[C@@H]2COc3ccccc3O2)nc(-c2cccc([N+](=O)[O-])c2)n1. The summed E-state index contributed by atoms with van der Waals surface area (Å²) in [4.78, 5) is 21.7. The van der Waals surface area contributed by atoms with Crippen molar-refractivity contribution >= 4 is 11.5 Å². The minimum atomic E-state index is -0.426. The molecule has 1 aromatic heterocycles. The fourth-order valence-electron chi connectivity index (χ4n) is 3.19. The van der Waals surface area contributed by atoms with Crippen molar-refractivity contribution in [1.29, 1.82) is 0 Å². The molecule has 0 amide bonds. The van der Waals surface area contributed by atoms with Crippen LogP contribution in [0.1, 0.15) is 5.69 Å². The van der Waals surface area contributed by atoms with E-state index in [1.165, 1.54) is 12.1 Å². The summed E-state index contributed by atoms with van der Waals surface area (Å²) in [6, 6.07) is 15.8. The number of nitro benzene ring substituents is 1. The first-order valence-electron chi connectivity index (χ1n) is 9.20. The molecule has 1 aliphatic rings. The van der Waals surface area contributed by atoms with Crippen LogP contribution in [0.3, 0.4) is 0 Å². The monoisotopic (exact) mass is 392 g/mol. The molecular weight excluding hydrogens is 372 g/mol. The zero-order chi connectivity index (χ0) is 20.4. The molecule has 0 N–H and O–H groups in total. The molecule has 1 atom stereocenters. The topological polar surface area (TPSA) is 90.6 Å². The first kappa shape index (κ1) is 18.7. The van der Waals surface area contributed by atoms with Crippen molar-refractivity contribution in [2.75, 3.05) is 25.1 Å². The highest BCUT2D eigenvalue weighted by Gasteiger charge is 2.23.